The highest BCUT2D eigenvalue weighted by atomic mass is 32.2. The van der Waals surface area contributed by atoms with E-state index in [0.717, 1.165) is 40.9 Å². The Morgan fingerprint density at radius 3 is 2.45 bits per heavy atom. The van der Waals surface area contributed by atoms with Crippen molar-refractivity contribution in [1.82, 2.24) is 4.90 Å². The highest BCUT2D eigenvalue weighted by Gasteiger charge is 2.34. The van der Waals surface area contributed by atoms with Crippen LogP contribution in [-0.2, 0) is 21.0 Å². The van der Waals surface area contributed by atoms with E-state index in [1.54, 1.807) is 24.0 Å². The number of piperidine rings is 1. The first-order valence-electron chi connectivity index (χ1n) is 10.0. The fraction of sp³-hybridized carbons (Fsp3) is 0.409. The normalized spacial score (nSPS) is 17.5. The quantitative estimate of drug-likeness (QED) is 0.670. The Hall–Kier alpha value is -2.55. The molecule has 2 aromatic carbocycles. The van der Waals surface area contributed by atoms with E-state index < -0.39 is 34.2 Å². The van der Waals surface area contributed by atoms with Gasteiger partial charge in [-0.3, -0.25) is 9.10 Å². The summed E-state index contributed by atoms with van der Waals surface area (Å²) in [5, 5.41) is 0. The third kappa shape index (κ3) is 5.39. The van der Waals surface area contributed by atoms with Gasteiger partial charge in [0.2, 0.25) is 5.91 Å². The summed E-state index contributed by atoms with van der Waals surface area (Å²) >= 11 is 0. The zero-order chi connectivity index (χ0) is 22.8. The molecular formula is C22H25F3N2O3S. The topological polar surface area (TPSA) is 57.7 Å². The fourth-order valence-electron chi connectivity index (χ4n) is 3.63. The molecular weight excluding hydrogens is 429 g/mol. The number of rotatable bonds is 5. The van der Waals surface area contributed by atoms with E-state index in [1.165, 1.54) is 18.2 Å². The van der Waals surface area contributed by atoms with Gasteiger partial charge in [-0.15, -0.1) is 0 Å². The Labute approximate surface area is 180 Å². The highest BCUT2D eigenvalue weighted by molar-refractivity contribution is 7.92. The minimum Gasteiger partial charge on any atom is -0.341 e. The van der Waals surface area contributed by atoms with Crippen LogP contribution in [0.1, 0.15) is 30.9 Å². The molecule has 1 amide bonds. The van der Waals surface area contributed by atoms with E-state index in [9.17, 15) is 26.4 Å². The van der Waals surface area contributed by atoms with Gasteiger partial charge >= 0.3 is 6.18 Å². The number of sulfonamides is 1. The van der Waals surface area contributed by atoms with Crippen LogP contribution in [0, 0.1) is 12.8 Å². The maximum absolute atomic E-state index is 13.4. The van der Waals surface area contributed by atoms with Gasteiger partial charge in [0.25, 0.3) is 10.0 Å². The number of carbonyl (C=O) groups is 1. The molecule has 1 fully saturated rings. The van der Waals surface area contributed by atoms with Crippen molar-refractivity contribution in [2.45, 2.75) is 37.8 Å². The lowest BCUT2D eigenvalue weighted by molar-refractivity contribution is -0.137. The van der Waals surface area contributed by atoms with E-state index in [4.69, 9.17) is 0 Å². The number of nitrogens with zero attached hydrogens (tertiary/aromatic N) is 2. The summed E-state index contributed by atoms with van der Waals surface area (Å²) in [5.41, 5.74) is -0.343. The zero-order valence-corrected chi connectivity index (χ0v) is 18.2. The van der Waals surface area contributed by atoms with Crippen molar-refractivity contribution >= 4 is 21.6 Å². The summed E-state index contributed by atoms with van der Waals surface area (Å²) in [4.78, 5) is 14.4. The van der Waals surface area contributed by atoms with E-state index in [2.05, 4.69) is 0 Å². The molecule has 2 aromatic rings. The number of benzene rings is 2. The number of alkyl halides is 3. The van der Waals surface area contributed by atoms with Gasteiger partial charge in [-0.1, -0.05) is 30.7 Å². The van der Waals surface area contributed by atoms with Gasteiger partial charge in [-0.25, -0.2) is 8.42 Å². The number of likely N-dealkylation sites (tertiary alicyclic amines) is 1. The third-order valence-corrected chi connectivity index (χ3v) is 7.15. The van der Waals surface area contributed by atoms with E-state index >= 15 is 0 Å². The largest absolute Gasteiger partial charge is 0.416 e. The molecule has 31 heavy (non-hydrogen) atoms. The van der Waals surface area contributed by atoms with Crippen LogP contribution in [0.5, 0.6) is 0 Å². The second-order valence-corrected chi connectivity index (χ2v) is 9.82. The third-order valence-electron chi connectivity index (χ3n) is 5.36. The minimum absolute atomic E-state index is 0.0877. The number of hydrogen-bond donors (Lipinski definition) is 0. The molecule has 1 saturated heterocycles. The molecule has 0 N–H and O–H groups in total. The molecule has 0 aromatic heterocycles. The number of anilines is 1. The highest BCUT2D eigenvalue weighted by Crippen LogP contribution is 2.33. The zero-order valence-electron chi connectivity index (χ0n) is 17.4. The van der Waals surface area contributed by atoms with Gasteiger partial charge in [-0.2, -0.15) is 13.2 Å². The molecule has 168 valence electrons. The Bertz CT molecular complexity index is 1040. The van der Waals surface area contributed by atoms with Crippen LogP contribution in [0.3, 0.4) is 0 Å². The number of amides is 1. The van der Waals surface area contributed by atoms with Crippen LogP contribution >= 0.6 is 0 Å². The van der Waals surface area contributed by atoms with Crippen LogP contribution in [0.15, 0.2) is 53.4 Å². The summed E-state index contributed by atoms with van der Waals surface area (Å²) in [6.07, 6.45) is -2.86. The monoisotopic (exact) mass is 454 g/mol. The van der Waals surface area contributed by atoms with E-state index in [-0.39, 0.29) is 16.5 Å². The van der Waals surface area contributed by atoms with Crippen LogP contribution in [0.4, 0.5) is 18.9 Å². The molecule has 1 heterocycles. The second kappa shape index (κ2) is 8.90. The lowest BCUT2D eigenvalue weighted by Crippen LogP contribution is -2.46. The average molecular weight is 455 g/mol. The van der Waals surface area contributed by atoms with Gasteiger partial charge < -0.3 is 4.90 Å². The maximum atomic E-state index is 13.4. The summed E-state index contributed by atoms with van der Waals surface area (Å²) < 4.78 is 67.2. The van der Waals surface area contributed by atoms with Gasteiger partial charge in [0.15, 0.2) is 0 Å². The van der Waals surface area contributed by atoms with Gasteiger partial charge in [0.05, 0.1) is 16.1 Å². The van der Waals surface area contributed by atoms with E-state index in [0.29, 0.717) is 13.1 Å². The molecule has 0 aliphatic carbocycles. The number of halogens is 3. The first-order chi connectivity index (χ1) is 14.5. The molecule has 1 aliphatic heterocycles. The summed E-state index contributed by atoms with van der Waals surface area (Å²) in [6.45, 7) is 4.24. The molecule has 9 heteroatoms. The summed E-state index contributed by atoms with van der Waals surface area (Å²) in [5.74, 6) is -0.145. The molecule has 1 atom stereocenters. The summed E-state index contributed by atoms with van der Waals surface area (Å²) in [7, 11) is -4.26. The molecule has 0 spiro atoms. The fourth-order valence-corrected chi connectivity index (χ4v) is 5.03. The van der Waals surface area contributed by atoms with Crippen molar-refractivity contribution in [2.75, 3.05) is 23.9 Å². The van der Waals surface area contributed by atoms with Crippen molar-refractivity contribution in [3.8, 4) is 0 Å². The first kappa shape index (κ1) is 23.1. The number of hydrogen-bond acceptors (Lipinski definition) is 3. The van der Waals surface area contributed by atoms with Crippen molar-refractivity contribution in [3.63, 3.8) is 0 Å². The Morgan fingerprint density at radius 1 is 1.16 bits per heavy atom. The van der Waals surface area contributed by atoms with Crippen LogP contribution < -0.4 is 4.31 Å². The Kier molecular flexibility index (Phi) is 6.64. The number of carbonyl (C=O) groups excluding carboxylic acids is 1. The average Bonchev–Trinajstić information content (AvgIpc) is 2.71. The first-order valence-corrected chi connectivity index (χ1v) is 11.5. The molecule has 1 aliphatic rings. The van der Waals surface area contributed by atoms with Crippen molar-refractivity contribution in [1.29, 1.82) is 0 Å². The molecule has 0 bridgehead atoms. The number of aryl methyl sites for hydroxylation is 1. The summed E-state index contributed by atoms with van der Waals surface area (Å²) in [6, 6.07) is 10.0. The van der Waals surface area contributed by atoms with Crippen LogP contribution in [-0.4, -0.2) is 38.9 Å². The van der Waals surface area contributed by atoms with E-state index in [1.807, 2.05) is 6.92 Å². The Morgan fingerprint density at radius 2 is 1.84 bits per heavy atom. The van der Waals surface area contributed by atoms with Crippen molar-refractivity contribution in [2.24, 2.45) is 5.92 Å². The standard InChI is InChI=1S/C22H25F3N2O3S/c1-16-8-10-20(11-9-16)31(29,30)27(15-21(28)26-12-4-5-17(2)14-26)19-7-3-6-18(13-19)22(23,24)25/h3,6-11,13,17H,4-5,12,14-15H2,1-2H3/t17-/m1/s1. The van der Waals surface area contributed by atoms with Crippen molar-refractivity contribution in [3.05, 3.63) is 59.7 Å². The predicted octanol–water partition coefficient (Wildman–Crippen LogP) is 4.47. The Balaban J connectivity index is 2.01. The maximum Gasteiger partial charge on any atom is 0.416 e. The van der Waals surface area contributed by atoms with Gasteiger partial charge in [0, 0.05) is 13.1 Å². The van der Waals surface area contributed by atoms with Crippen LogP contribution in [0.2, 0.25) is 0 Å². The lowest BCUT2D eigenvalue weighted by atomic mass is 10.0. The SMILES string of the molecule is Cc1ccc(S(=O)(=O)N(CC(=O)N2CCC[C@@H](C)C2)c2cccc(C(F)(F)F)c2)cc1. The van der Waals surface area contributed by atoms with Crippen LogP contribution in [0.25, 0.3) is 0 Å². The predicted molar refractivity (Wildman–Crippen MR) is 112 cm³/mol. The molecule has 0 radical (unpaired) electrons. The minimum atomic E-state index is -4.64. The van der Waals surface area contributed by atoms with Gasteiger partial charge in [-0.05, 0) is 56.0 Å². The smallest absolute Gasteiger partial charge is 0.341 e. The lowest BCUT2D eigenvalue weighted by Gasteiger charge is -2.33. The van der Waals surface area contributed by atoms with Gasteiger partial charge in [0.1, 0.15) is 6.54 Å². The molecule has 0 unspecified atom stereocenters. The van der Waals surface area contributed by atoms with Crippen molar-refractivity contribution < 1.29 is 26.4 Å². The molecule has 0 saturated carbocycles. The molecule has 5 nitrogen and oxygen atoms in total. The second-order valence-electron chi connectivity index (χ2n) is 7.96. The molecule has 3 rings (SSSR count).